The van der Waals surface area contributed by atoms with Gasteiger partial charge in [-0.25, -0.2) is 0 Å². The van der Waals surface area contributed by atoms with Crippen LogP contribution in [0.1, 0.15) is 99.8 Å². The summed E-state index contributed by atoms with van der Waals surface area (Å²) in [6.07, 6.45) is 18.8. The molecule has 0 amide bonds. The van der Waals surface area contributed by atoms with Crippen LogP contribution in [0, 0.1) is 41.1 Å². The first-order valence-electron chi connectivity index (χ1n) is 13.3. The first-order chi connectivity index (χ1) is 18.2. The van der Waals surface area contributed by atoms with Crippen LogP contribution in [0.3, 0.4) is 0 Å². The predicted octanol–water partition coefficient (Wildman–Crippen LogP) is 5.04. The monoisotopic (exact) mass is 597 g/mol. The molecule has 39 heavy (non-hydrogen) atoms. The second-order valence-electron chi connectivity index (χ2n) is 9.30. The van der Waals surface area contributed by atoms with E-state index in [1.165, 1.54) is 51.4 Å². The summed E-state index contributed by atoms with van der Waals surface area (Å²) in [4.78, 5) is 16.5. The van der Waals surface area contributed by atoms with Crippen LogP contribution in [0.25, 0.3) is 0 Å². The maximum absolute atomic E-state index is 11.9. The molecule has 13 heteroatoms. The van der Waals surface area contributed by atoms with Gasteiger partial charge in [0.05, 0.1) is 10.2 Å². The quantitative estimate of drug-likeness (QED) is 0.133. The summed E-state index contributed by atoms with van der Waals surface area (Å²) in [5.74, 6) is 0. The maximum Gasteiger partial charge on any atom is 2.00 e. The van der Waals surface area contributed by atoms with Crippen molar-refractivity contribution in [2.75, 3.05) is 0 Å². The van der Waals surface area contributed by atoms with Gasteiger partial charge < -0.3 is 41.1 Å². The van der Waals surface area contributed by atoms with Gasteiger partial charge >= 0.3 is 17.1 Å². The Kier molecular flexibility index (Phi) is 19.9. The Morgan fingerprint density at radius 1 is 0.462 bits per heavy atom. The zero-order valence-corrected chi connectivity index (χ0v) is 23.1. The normalized spacial score (nSPS) is 15.2. The topological polar surface area (TPSA) is 186 Å². The molecule has 4 heterocycles. The number of pyridine rings is 2. The number of fused-ring (bicyclic) bond motifs is 4. The number of nitrogens with zero attached hydrogens (tertiary/aromatic N) is 4. The van der Waals surface area contributed by atoms with E-state index in [1.807, 2.05) is 36.4 Å². The average molecular weight is 598 g/mol. The van der Waals surface area contributed by atoms with E-state index in [1.54, 1.807) is 0 Å². The van der Waals surface area contributed by atoms with Gasteiger partial charge in [-0.1, -0.05) is 51.4 Å². The van der Waals surface area contributed by atoms with E-state index in [-0.39, 0.29) is 17.1 Å². The Morgan fingerprint density at radius 3 is 0.846 bits per heavy atom. The second-order valence-corrected chi connectivity index (χ2v) is 9.30. The number of aryl methyl sites for hydroxylation is 4. The molecule has 0 atom stereocenters. The van der Waals surface area contributed by atoms with Gasteiger partial charge in [0.15, 0.2) is 22.8 Å². The molecule has 0 saturated carbocycles. The first kappa shape index (κ1) is 35.8. The molecule has 4 rings (SSSR count). The van der Waals surface area contributed by atoms with Crippen LogP contribution in [0.4, 0.5) is 0 Å². The van der Waals surface area contributed by atoms with Crippen molar-refractivity contribution in [3.63, 3.8) is 0 Å². The molecule has 0 aliphatic carbocycles. The van der Waals surface area contributed by atoms with Crippen molar-refractivity contribution < 1.29 is 36.7 Å². The van der Waals surface area contributed by atoms with Gasteiger partial charge in [-0.3, -0.25) is 0 Å². The minimum Gasteiger partial charge on any atom is -0.618 e. The van der Waals surface area contributed by atoms with Crippen LogP contribution in [0.15, 0.2) is 36.4 Å². The second kappa shape index (κ2) is 21.7. The molecule has 0 aromatic carbocycles. The molecule has 4 bridgehead atoms. The van der Waals surface area contributed by atoms with Gasteiger partial charge in [-0.2, -0.15) is 9.46 Å². The zero-order valence-electron chi connectivity index (χ0n) is 22.1. The Balaban J connectivity index is 0.000000572. The molecule has 2 aliphatic heterocycles. The largest absolute Gasteiger partial charge is 2.00 e. The molecule has 2 aromatic heterocycles. The van der Waals surface area contributed by atoms with Crippen molar-refractivity contribution in [2.45, 2.75) is 103 Å². The van der Waals surface area contributed by atoms with Crippen LogP contribution in [-0.2, 0) is 42.8 Å². The molecular weight excluding hydrogens is 560 g/mol. The van der Waals surface area contributed by atoms with Crippen molar-refractivity contribution in [1.29, 1.82) is 0 Å². The van der Waals surface area contributed by atoms with Crippen LogP contribution >= 0.6 is 0 Å². The zero-order chi connectivity index (χ0) is 28.2. The summed E-state index contributed by atoms with van der Waals surface area (Å²) in [5.41, 5.74) is 3.81. The minimum atomic E-state index is -1.75. The molecule has 12 nitrogen and oxygen atoms in total. The van der Waals surface area contributed by atoms with Crippen molar-refractivity contribution >= 4 is 0 Å². The standard InChI is InChI=1S/2C13H19NO.Cu.2NO3/c2*15-14-12-8-5-3-1-2-4-6-9-13(14)11-7-10-12;;2*2-1(3)4/h2*7,10-11H,1-6,8-9H2;;;/q;;+2;2*-1. The van der Waals surface area contributed by atoms with Gasteiger partial charge in [0.1, 0.15) is 0 Å². The summed E-state index contributed by atoms with van der Waals surface area (Å²) >= 11 is 0. The molecule has 0 spiro atoms. The van der Waals surface area contributed by atoms with Crippen molar-refractivity contribution in [1.82, 2.24) is 0 Å². The van der Waals surface area contributed by atoms with E-state index in [4.69, 9.17) is 30.6 Å². The maximum atomic E-state index is 11.9. The summed E-state index contributed by atoms with van der Waals surface area (Å²) in [6.45, 7) is 0. The van der Waals surface area contributed by atoms with E-state index in [0.717, 1.165) is 83.6 Å². The van der Waals surface area contributed by atoms with E-state index in [9.17, 15) is 10.4 Å². The Labute approximate surface area is 239 Å². The van der Waals surface area contributed by atoms with Crippen LogP contribution < -0.4 is 9.46 Å². The van der Waals surface area contributed by atoms with E-state index < -0.39 is 10.2 Å². The van der Waals surface area contributed by atoms with Crippen molar-refractivity contribution in [3.8, 4) is 0 Å². The fourth-order valence-electron chi connectivity index (χ4n) is 4.56. The molecule has 221 valence electrons. The molecule has 2 aromatic rings. The van der Waals surface area contributed by atoms with Crippen molar-refractivity contribution in [2.24, 2.45) is 0 Å². The SMILES string of the molecule is O=[N+]([O-])[O-].O=[N+]([O-])[O-].[Cu+2].[O-][n+]1c2cccc1CCCCCCCC2.[O-][n+]1c2cccc1CCCCCCCC2. The van der Waals surface area contributed by atoms with Crippen LogP contribution in [0.2, 0.25) is 0 Å². The number of rotatable bonds is 0. The van der Waals surface area contributed by atoms with Crippen LogP contribution in [-0.4, -0.2) is 10.2 Å². The molecule has 0 N–H and O–H groups in total. The Bertz CT molecular complexity index is 839. The summed E-state index contributed by atoms with van der Waals surface area (Å²) in [5, 5.41) is 53.3. The van der Waals surface area contributed by atoms with Crippen molar-refractivity contribution in [3.05, 3.63) is 100 Å². The van der Waals surface area contributed by atoms with Crippen LogP contribution in [0.5, 0.6) is 0 Å². The molecule has 2 aliphatic rings. The number of hydrogen-bond acceptors (Lipinski definition) is 8. The van der Waals surface area contributed by atoms with Gasteiger partial charge in [0.2, 0.25) is 0 Å². The fraction of sp³-hybridized carbons (Fsp3) is 0.615. The summed E-state index contributed by atoms with van der Waals surface area (Å²) in [6, 6.07) is 11.9. The molecular formula is C26H38CuN4O8. The first-order valence-corrected chi connectivity index (χ1v) is 13.3. The van der Waals surface area contributed by atoms with E-state index in [0.29, 0.717) is 0 Å². The Morgan fingerprint density at radius 2 is 0.641 bits per heavy atom. The van der Waals surface area contributed by atoms with Gasteiger partial charge in [-0.15, -0.1) is 0 Å². The van der Waals surface area contributed by atoms with E-state index in [2.05, 4.69) is 0 Å². The van der Waals surface area contributed by atoms with Gasteiger partial charge in [0.25, 0.3) is 0 Å². The fourth-order valence-corrected chi connectivity index (χ4v) is 4.56. The third-order valence-corrected chi connectivity index (χ3v) is 6.43. The average Bonchev–Trinajstić information content (AvgIpc) is 2.88. The molecule has 0 saturated heterocycles. The predicted molar refractivity (Wildman–Crippen MR) is 142 cm³/mol. The summed E-state index contributed by atoms with van der Waals surface area (Å²) < 4.78 is 2.32. The number of hydrogen-bond donors (Lipinski definition) is 0. The minimum absolute atomic E-state index is 0. The smallest absolute Gasteiger partial charge is 0.618 e. The molecule has 1 radical (unpaired) electrons. The molecule has 0 unspecified atom stereocenters. The number of aromatic nitrogens is 2. The third-order valence-electron chi connectivity index (χ3n) is 6.43. The third kappa shape index (κ3) is 17.1. The van der Waals surface area contributed by atoms with Gasteiger partial charge in [0, 0.05) is 49.9 Å². The summed E-state index contributed by atoms with van der Waals surface area (Å²) in [7, 11) is 0. The Hall–Kier alpha value is -3.18. The van der Waals surface area contributed by atoms with E-state index >= 15 is 0 Å². The van der Waals surface area contributed by atoms with Gasteiger partial charge in [-0.05, 0) is 37.8 Å². The molecule has 0 fully saturated rings.